The maximum Gasteiger partial charge on any atom is 0.278 e. The number of anilines is 1. The largest absolute Gasteiger partial charge is 0.372 e. The van der Waals surface area contributed by atoms with Crippen LogP contribution in [0.25, 0.3) is 0 Å². The molecule has 0 fully saturated rings. The number of aryl methyl sites for hydroxylation is 1. The lowest BCUT2D eigenvalue weighted by Gasteiger charge is -2.13. The van der Waals surface area contributed by atoms with E-state index in [4.69, 9.17) is 4.74 Å². The number of amides is 1. The molecule has 3 rings (SSSR count). The normalized spacial score (nSPS) is 14.2. The third-order valence-electron chi connectivity index (χ3n) is 2.86. The van der Waals surface area contributed by atoms with Crippen molar-refractivity contribution in [3.8, 4) is 0 Å². The smallest absolute Gasteiger partial charge is 0.278 e. The fourth-order valence-corrected chi connectivity index (χ4v) is 1.87. The molecular formula is C10H13N7O2. The van der Waals surface area contributed by atoms with E-state index in [-0.39, 0.29) is 5.91 Å². The third-order valence-corrected chi connectivity index (χ3v) is 2.86. The maximum atomic E-state index is 12.1. The predicted octanol–water partition coefficient (Wildman–Crippen LogP) is -0.328. The van der Waals surface area contributed by atoms with Crippen LogP contribution in [0.1, 0.15) is 23.2 Å². The van der Waals surface area contributed by atoms with Crippen LogP contribution >= 0.6 is 0 Å². The van der Waals surface area contributed by atoms with E-state index in [0.717, 1.165) is 5.82 Å². The van der Waals surface area contributed by atoms with Crippen LogP contribution in [0.2, 0.25) is 0 Å². The van der Waals surface area contributed by atoms with Crippen LogP contribution in [0.15, 0.2) is 6.20 Å². The van der Waals surface area contributed by atoms with Crippen molar-refractivity contribution in [3.63, 3.8) is 0 Å². The summed E-state index contributed by atoms with van der Waals surface area (Å²) in [6.07, 6.45) is 1.72. The number of ether oxygens (including phenoxy) is 1. The number of aromatic nitrogens is 6. The van der Waals surface area contributed by atoms with Crippen LogP contribution in [0.4, 0.5) is 5.95 Å². The highest BCUT2D eigenvalue weighted by atomic mass is 16.5. The van der Waals surface area contributed by atoms with Gasteiger partial charge in [-0.1, -0.05) is 5.10 Å². The Kier molecular flexibility index (Phi) is 2.95. The number of nitrogens with zero attached hydrogens (tertiary/aromatic N) is 6. The summed E-state index contributed by atoms with van der Waals surface area (Å²) in [4.78, 5) is 16.3. The van der Waals surface area contributed by atoms with E-state index in [1.165, 1.54) is 4.68 Å². The zero-order valence-corrected chi connectivity index (χ0v) is 10.4. The van der Waals surface area contributed by atoms with Gasteiger partial charge in [-0.25, -0.2) is 9.67 Å². The number of fused-ring (bicyclic) bond motifs is 1. The summed E-state index contributed by atoms with van der Waals surface area (Å²) in [6, 6.07) is 0. The predicted molar refractivity (Wildman–Crippen MR) is 63.3 cm³/mol. The molecule has 0 aliphatic carbocycles. The van der Waals surface area contributed by atoms with Crippen molar-refractivity contribution in [1.82, 2.24) is 29.8 Å². The minimum Gasteiger partial charge on any atom is -0.372 e. The summed E-state index contributed by atoms with van der Waals surface area (Å²) in [5, 5.41) is 13.6. The Labute approximate surface area is 108 Å². The van der Waals surface area contributed by atoms with Crippen molar-refractivity contribution in [1.29, 1.82) is 0 Å². The lowest BCUT2D eigenvalue weighted by Crippen LogP contribution is -2.16. The molecular weight excluding hydrogens is 250 g/mol. The molecule has 3 heterocycles. The molecule has 0 radical (unpaired) electrons. The maximum absolute atomic E-state index is 12.1. The quantitative estimate of drug-likeness (QED) is 0.814. The standard InChI is InChI=1S/C10H13N7O2/c1-2-17-10(13-14-15-17)12-9(18)7-5-16-3-4-19-6-8(16)11-7/h5H,2-4,6H2,1H3,(H,12,13,15,18). The van der Waals surface area contributed by atoms with E-state index in [2.05, 4.69) is 25.8 Å². The van der Waals surface area contributed by atoms with Crippen LogP contribution in [-0.2, 0) is 24.4 Å². The minimum absolute atomic E-state index is 0.315. The van der Waals surface area contributed by atoms with E-state index < -0.39 is 0 Å². The minimum atomic E-state index is -0.327. The van der Waals surface area contributed by atoms with Crippen molar-refractivity contribution >= 4 is 11.9 Å². The Morgan fingerprint density at radius 3 is 3.26 bits per heavy atom. The number of carbonyl (C=O) groups is 1. The van der Waals surface area contributed by atoms with Crippen molar-refractivity contribution in [2.24, 2.45) is 0 Å². The molecule has 0 spiro atoms. The highest BCUT2D eigenvalue weighted by Gasteiger charge is 2.18. The summed E-state index contributed by atoms with van der Waals surface area (Å²) in [6.45, 7) is 4.25. The molecule has 9 heteroatoms. The number of imidazole rings is 1. The van der Waals surface area contributed by atoms with Crippen LogP contribution in [0, 0.1) is 0 Å². The fraction of sp³-hybridized carbons (Fsp3) is 0.500. The highest BCUT2D eigenvalue weighted by molar-refractivity contribution is 6.01. The molecule has 1 N–H and O–H groups in total. The zero-order valence-electron chi connectivity index (χ0n) is 10.4. The number of nitrogens with one attached hydrogen (secondary N) is 1. The Bertz CT molecular complexity index is 579. The molecule has 100 valence electrons. The van der Waals surface area contributed by atoms with Crippen LogP contribution in [0.5, 0.6) is 0 Å². The molecule has 2 aromatic heterocycles. The molecule has 0 aromatic carbocycles. The molecule has 1 amide bonds. The van der Waals surface area contributed by atoms with E-state index in [9.17, 15) is 4.79 Å². The van der Waals surface area contributed by atoms with Crippen LogP contribution < -0.4 is 5.32 Å². The molecule has 0 unspecified atom stereocenters. The van der Waals surface area contributed by atoms with Crippen LogP contribution in [-0.4, -0.2) is 42.3 Å². The van der Waals surface area contributed by atoms with Crippen molar-refractivity contribution in [3.05, 3.63) is 17.7 Å². The lowest BCUT2D eigenvalue weighted by atomic mass is 10.4. The second kappa shape index (κ2) is 4.76. The topological polar surface area (TPSA) is 99.8 Å². The summed E-state index contributed by atoms with van der Waals surface area (Å²) in [7, 11) is 0. The molecule has 0 atom stereocenters. The van der Waals surface area contributed by atoms with Gasteiger partial charge in [0.15, 0.2) is 0 Å². The van der Waals surface area contributed by atoms with E-state index in [1.54, 1.807) is 6.20 Å². The first-order valence-corrected chi connectivity index (χ1v) is 5.99. The summed E-state index contributed by atoms with van der Waals surface area (Å²) >= 11 is 0. The monoisotopic (exact) mass is 263 g/mol. The first kappa shape index (κ1) is 11.8. The molecule has 9 nitrogen and oxygen atoms in total. The van der Waals surface area contributed by atoms with E-state index in [0.29, 0.717) is 37.9 Å². The average Bonchev–Trinajstić information content (AvgIpc) is 3.03. The van der Waals surface area contributed by atoms with Gasteiger partial charge in [-0.05, 0) is 17.4 Å². The van der Waals surface area contributed by atoms with Crippen molar-refractivity contribution < 1.29 is 9.53 Å². The summed E-state index contributed by atoms with van der Waals surface area (Å²) < 4.78 is 8.69. The second-order valence-corrected chi connectivity index (χ2v) is 4.06. The number of tetrazole rings is 1. The van der Waals surface area contributed by atoms with Gasteiger partial charge in [0, 0.05) is 19.3 Å². The Morgan fingerprint density at radius 2 is 2.47 bits per heavy atom. The number of rotatable bonds is 3. The Morgan fingerprint density at radius 1 is 1.58 bits per heavy atom. The third kappa shape index (κ3) is 2.19. The van der Waals surface area contributed by atoms with E-state index >= 15 is 0 Å². The van der Waals surface area contributed by atoms with Crippen molar-refractivity contribution in [2.45, 2.75) is 26.6 Å². The van der Waals surface area contributed by atoms with Gasteiger partial charge in [-0.15, -0.1) is 0 Å². The molecule has 0 saturated heterocycles. The number of hydrogen-bond acceptors (Lipinski definition) is 6. The average molecular weight is 263 g/mol. The summed E-state index contributed by atoms with van der Waals surface area (Å²) in [5.41, 5.74) is 0.339. The molecule has 0 bridgehead atoms. The zero-order chi connectivity index (χ0) is 13.2. The van der Waals surface area contributed by atoms with Gasteiger partial charge in [0.2, 0.25) is 5.95 Å². The van der Waals surface area contributed by atoms with Gasteiger partial charge in [0.05, 0.1) is 6.61 Å². The van der Waals surface area contributed by atoms with Gasteiger partial charge in [0.1, 0.15) is 18.1 Å². The number of carbonyl (C=O) groups excluding carboxylic acids is 1. The lowest BCUT2D eigenvalue weighted by molar-refractivity contribution is 0.0816. The molecule has 2 aromatic rings. The van der Waals surface area contributed by atoms with Gasteiger partial charge < -0.3 is 9.30 Å². The van der Waals surface area contributed by atoms with Gasteiger partial charge in [-0.2, -0.15) is 0 Å². The van der Waals surface area contributed by atoms with E-state index in [1.807, 2.05) is 11.5 Å². The Balaban J connectivity index is 1.79. The highest BCUT2D eigenvalue weighted by Crippen LogP contribution is 2.11. The first-order chi connectivity index (χ1) is 9.28. The Hall–Kier alpha value is -2.29. The van der Waals surface area contributed by atoms with Gasteiger partial charge >= 0.3 is 0 Å². The van der Waals surface area contributed by atoms with Crippen molar-refractivity contribution in [2.75, 3.05) is 11.9 Å². The molecule has 1 aliphatic rings. The number of hydrogen-bond donors (Lipinski definition) is 1. The van der Waals surface area contributed by atoms with Crippen LogP contribution in [0.3, 0.4) is 0 Å². The van der Waals surface area contributed by atoms with Gasteiger partial charge in [0.25, 0.3) is 5.91 Å². The SMILES string of the molecule is CCn1nnnc1NC(=O)c1cn2c(n1)COCC2. The fourth-order valence-electron chi connectivity index (χ4n) is 1.87. The molecule has 0 saturated carbocycles. The second-order valence-electron chi connectivity index (χ2n) is 4.06. The molecule has 1 aliphatic heterocycles. The molecule has 19 heavy (non-hydrogen) atoms. The first-order valence-electron chi connectivity index (χ1n) is 5.99. The summed E-state index contributed by atoms with van der Waals surface area (Å²) in [5.74, 6) is 0.743. The van der Waals surface area contributed by atoms with Gasteiger partial charge in [-0.3, -0.25) is 10.1 Å².